The summed E-state index contributed by atoms with van der Waals surface area (Å²) in [6.45, 7) is 2.22. The average Bonchev–Trinajstić information content (AvgIpc) is 3.30. The van der Waals surface area contributed by atoms with Crippen LogP contribution >= 0.6 is 0 Å². The van der Waals surface area contributed by atoms with Crippen molar-refractivity contribution in [3.8, 4) is 0 Å². The van der Waals surface area contributed by atoms with E-state index in [1.165, 1.54) is 5.56 Å². The third-order valence-electron chi connectivity index (χ3n) is 4.51. The van der Waals surface area contributed by atoms with Crippen molar-refractivity contribution in [3.63, 3.8) is 0 Å². The maximum Gasteiger partial charge on any atom is 0.209 e. The van der Waals surface area contributed by atoms with E-state index >= 15 is 0 Å². The third kappa shape index (κ3) is 2.40. The van der Waals surface area contributed by atoms with Crippen LogP contribution in [0.3, 0.4) is 0 Å². The first kappa shape index (κ1) is 14.0. The zero-order valence-electron chi connectivity index (χ0n) is 13.6. The number of anilines is 1. The predicted octanol–water partition coefficient (Wildman–Crippen LogP) is 2.20. The summed E-state index contributed by atoms with van der Waals surface area (Å²) in [5.41, 5.74) is 3.40. The molecule has 0 unspecified atom stereocenters. The van der Waals surface area contributed by atoms with Crippen molar-refractivity contribution in [2.45, 2.75) is 13.2 Å². The summed E-state index contributed by atoms with van der Waals surface area (Å²) >= 11 is 0. The van der Waals surface area contributed by atoms with Crippen LogP contribution in [-0.2, 0) is 13.2 Å². The van der Waals surface area contributed by atoms with Gasteiger partial charge >= 0.3 is 0 Å². The van der Waals surface area contributed by atoms with E-state index in [9.17, 15) is 0 Å². The van der Waals surface area contributed by atoms with Crippen molar-refractivity contribution in [2.75, 3.05) is 16.6 Å². The number of nitrogens with zero attached hydrogens (tertiary/aromatic N) is 7. The highest BCUT2D eigenvalue weighted by molar-refractivity contribution is 5.79. The van der Waals surface area contributed by atoms with Crippen molar-refractivity contribution in [1.29, 1.82) is 0 Å². The van der Waals surface area contributed by atoms with Gasteiger partial charge in [0, 0.05) is 6.54 Å². The molecule has 25 heavy (non-hydrogen) atoms. The van der Waals surface area contributed by atoms with Gasteiger partial charge in [-0.1, -0.05) is 42.5 Å². The molecule has 0 bridgehead atoms. The molecular weight excluding hydrogens is 314 g/mol. The Bertz CT molecular complexity index is 991. The van der Waals surface area contributed by atoms with E-state index in [1.807, 2.05) is 16.8 Å². The Hall–Kier alpha value is -3.35. The van der Waals surface area contributed by atoms with Crippen molar-refractivity contribution >= 4 is 17.0 Å². The molecule has 7 heteroatoms. The van der Waals surface area contributed by atoms with E-state index in [2.05, 4.69) is 67.1 Å². The molecule has 2 aromatic heterocycles. The minimum atomic E-state index is 0.708. The molecule has 0 radical (unpaired) electrons. The van der Waals surface area contributed by atoms with Crippen LogP contribution in [-0.4, -0.2) is 31.1 Å². The van der Waals surface area contributed by atoms with Crippen LogP contribution in [0.1, 0.15) is 5.56 Å². The molecule has 5 rings (SSSR count). The smallest absolute Gasteiger partial charge is 0.209 e. The van der Waals surface area contributed by atoms with E-state index in [0.717, 1.165) is 30.2 Å². The number of rotatable bonds is 3. The second-order valence-electron chi connectivity index (χ2n) is 6.14. The van der Waals surface area contributed by atoms with Crippen molar-refractivity contribution < 1.29 is 0 Å². The molecule has 3 heterocycles. The molecule has 0 saturated carbocycles. The molecular formula is C18H17N7. The SMILES string of the molecule is c1ccc(CN2CN(n3cnnc3)Cn3c2nc2ccccc23)cc1. The van der Waals surface area contributed by atoms with Gasteiger partial charge in [0.2, 0.25) is 5.95 Å². The number of benzene rings is 2. The summed E-state index contributed by atoms with van der Waals surface area (Å²) in [4.78, 5) is 7.14. The lowest BCUT2D eigenvalue weighted by Gasteiger charge is -2.38. The number of aromatic nitrogens is 5. The largest absolute Gasteiger partial charge is 0.319 e. The lowest BCUT2D eigenvalue weighted by Crippen LogP contribution is -2.49. The number of hydrogen-bond acceptors (Lipinski definition) is 5. The fourth-order valence-electron chi connectivity index (χ4n) is 3.32. The highest BCUT2D eigenvalue weighted by atomic mass is 15.7. The fourth-order valence-corrected chi connectivity index (χ4v) is 3.32. The van der Waals surface area contributed by atoms with Gasteiger partial charge < -0.3 is 4.90 Å². The molecule has 1 aliphatic heterocycles. The minimum Gasteiger partial charge on any atom is -0.319 e. The summed E-state index contributed by atoms with van der Waals surface area (Å²) in [6, 6.07) is 18.7. The van der Waals surface area contributed by atoms with Crippen LogP contribution < -0.4 is 9.91 Å². The summed E-state index contributed by atoms with van der Waals surface area (Å²) < 4.78 is 4.16. The van der Waals surface area contributed by atoms with E-state index in [4.69, 9.17) is 4.98 Å². The number of para-hydroxylation sites is 2. The van der Waals surface area contributed by atoms with Crippen LogP contribution in [0.2, 0.25) is 0 Å². The number of fused-ring (bicyclic) bond motifs is 3. The van der Waals surface area contributed by atoms with E-state index in [1.54, 1.807) is 12.7 Å². The fraction of sp³-hybridized carbons (Fsp3) is 0.167. The highest BCUT2D eigenvalue weighted by Gasteiger charge is 2.26. The van der Waals surface area contributed by atoms with Crippen molar-refractivity contribution in [1.82, 2.24) is 24.4 Å². The third-order valence-corrected chi connectivity index (χ3v) is 4.51. The topological polar surface area (TPSA) is 55.0 Å². The molecule has 2 aromatic carbocycles. The van der Waals surface area contributed by atoms with Crippen LogP contribution in [0.4, 0.5) is 5.95 Å². The molecule has 0 fully saturated rings. The summed E-state index contributed by atoms with van der Waals surface area (Å²) in [5.74, 6) is 0.995. The van der Waals surface area contributed by atoms with Gasteiger partial charge in [-0.05, 0) is 17.7 Å². The summed E-state index contributed by atoms with van der Waals surface area (Å²) in [6.07, 6.45) is 3.45. The Morgan fingerprint density at radius 3 is 2.44 bits per heavy atom. The van der Waals surface area contributed by atoms with Gasteiger partial charge in [0.25, 0.3) is 0 Å². The lowest BCUT2D eigenvalue weighted by molar-refractivity contribution is 0.455. The molecule has 0 atom stereocenters. The molecule has 0 spiro atoms. The Morgan fingerprint density at radius 1 is 0.840 bits per heavy atom. The first-order valence-corrected chi connectivity index (χ1v) is 8.22. The lowest BCUT2D eigenvalue weighted by atomic mass is 10.2. The van der Waals surface area contributed by atoms with Crippen LogP contribution in [0.15, 0.2) is 67.3 Å². The second-order valence-corrected chi connectivity index (χ2v) is 6.14. The Kier molecular flexibility index (Phi) is 3.16. The normalized spacial score (nSPS) is 14.1. The molecule has 0 aliphatic carbocycles. The highest BCUT2D eigenvalue weighted by Crippen LogP contribution is 2.27. The maximum absolute atomic E-state index is 4.87. The van der Waals surface area contributed by atoms with Gasteiger partial charge in [-0.25, -0.2) is 9.66 Å². The minimum absolute atomic E-state index is 0.708. The zero-order chi connectivity index (χ0) is 16.6. The average molecular weight is 331 g/mol. The summed E-state index contributed by atoms with van der Waals surface area (Å²) in [7, 11) is 0. The van der Waals surface area contributed by atoms with Crippen LogP contribution in [0.5, 0.6) is 0 Å². The van der Waals surface area contributed by atoms with Gasteiger partial charge in [0.1, 0.15) is 26.0 Å². The first-order chi connectivity index (χ1) is 12.4. The van der Waals surface area contributed by atoms with Gasteiger partial charge in [-0.2, -0.15) is 0 Å². The Labute approximate surface area is 144 Å². The number of imidazole rings is 1. The van der Waals surface area contributed by atoms with E-state index in [0.29, 0.717) is 6.67 Å². The first-order valence-electron chi connectivity index (χ1n) is 8.22. The molecule has 7 nitrogen and oxygen atoms in total. The van der Waals surface area contributed by atoms with Gasteiger partial charge in [-0.15, -0.1) is 10.2 Å². The van der Waals surface area contributed by atoms with Gasteiger partial charge in [0.15, 0.2) is 0 Å². The quantitative estimate of drug-likeness (QED) is 0.576. The van der Waals surface area contributed by atoms with Gasteiger partial charge in [-0.3, -0.25) is 9.58 Å². The molecule has 0 saturated heterocycles. The predicted molar refractivity (Wildman–Crippen MR) is 95.5 cm³/mol. The second kappa shape index (κ2) is 5.62. The zero-order valence-corrected chi connectivity index (χ0v) is 13.6. The summed E-state index contributed by atoms with van der Waals surface area (Å²) in [5, 5.41) is 10.1. The van der Waals surface area contributed by atoms with E-state index in [-0.39, 0.29) is 0 Å². The van der Waals surface area contributed by atoms with Crippen LogP contribution in [0.25, 0.3) is 11.0 Å². The Balaban J connectivity index is 1.59. The van der Waals surface area contributed by atoms with Crippen LogP contribution in [0, 0.1) is 0 Å². The number of hydrogen-bond donors (Lipinski definition) is 0. The molecule has 1 aliphatic rings. The standard InChI is InChI=1S/C18H17N7/c1-2-6-15(7-3-1)10-22-13-24(23-11-19-20-12-23)14-25-17-9-5-4-8-16(17)21-18(22)25/h1-9,11-12H,10,13-14H2. The molecule has 0 amide bonds. The molecule has 0 N–H and O–H groups in total. The molecule has 4 aromatic rings. The molecule has 124 valence electrons. The van der Waals surface area contributed by atoms with E-state index < -0.39 is 0 Å². The maximum atomic E-state index is 4.87. The van der Waals surface area contributed by atoms with Crippen molar-refractivity contribution in [2.24, 2.45) is 0 Å². The Morgan fingerprint density at radius 2 is 1.60 bits per heavy atom. The monoisotopic (exact) mass is 331 g/mol. The van der Waals surface area contributed by atoms with Gasteiger partial charge in [0.05, 0.1) is 11.0 Å². The van der Waals surface area contributed by atoms with Crippen molar-refractivity contribution in [3.05, 3.63) is 72.8 Å².